The molecule has 8 aliphatic heterocycles. The molecule has 134 heavy (non-hydrogen) atoms. The fourth-order valence-electron chi connectivity index (χ4n) is 18.3. The molecule has 32 nitrogen and oxygen atoms in total. The highest BCUT2D eigenvalue weighted by Gasteiger charge is 2.66. The molecule has 2 aromatic carbocycles. The molecule has 0 aromatic heterocycles. The number of nitrogens with one attached hydrogen (secondary N) is 2. The number of ketones is 2. The standard InChI is InChI=1S/C49H67ClN4O12S.C47H65ClN4O12S.2CH4/c1-10-35(55)33-16-14-31(15-17-33)26-54-42(58)23-38(45(54)59)67-19-18-40(56)52(7)30(5)46(60)65-39-24-41(57)53(8)34-21-32(22-36(63-9)43(34)50)20-27(2)12-11-13-28(3)49(62)25-37(64-47(61)51-49)29(4)44-48(39,6)66-44;1-10-32(53)17-12-11-13-19-52-40(56)24-36(43(52)57)65-20-18-38(54)50(7)30(5)44(58)63-37-25-39(55)51(8)33-22-31(23-34(61-9)41(33)48)21-27(2)15-14-16-28(3)47(60)26-35(62-45(59)49-47)29(4)42-46(37,6)64-42;;/h11-13,21-22,28-31,33,37-39,44,62H,10,14-20,23-26H2,1-9H3,(H,51,61);14-16,22-23,28-30,35-37,42,60H,10-13,17-21,24-26H2,1-9H3,(H,49,59);2*1H4/b13-11+,27-12+;16-14+,27-15+;;/t28-,29-,30+,31?,33?,37+,38?,39+,44+,48+,49+;28-,29-,30+,35+,36?,37+,42+,46+,47+;;/m11../s1. The van der Waals surface area contributed by atoms with E-state index in [4.69, 9.17) is 61.1 Å². The summed E-state index contributed by atoms with van der Waals surface area (Å²) in [5.74, 6) is -4.61. The van der Waals surface area contributed by atoms with Crippen LogP contribution in [0.25, 0.3) is 0 Å². The maximum absolute atomic E-state index is 14.3. The van der Waals surface area contributed by atoms with Gasteiger partial charge in [0.15, 0.2) is 0 Å². The van der Waals surface area contributed by atoms with Crippen molar-refractivity contribution in [3.8, 4) is 11.5 Å². The first kappa shape index (κ1) is 110. The van der Waals surface area contributed by atoms with Crippen molar-refractivity contribution >= 4 is 141 Å². The number of hydrogen-bond acceptors (Lipinski definition) is 26. The Bertz CT molecular complexity index is 4810. The lowest BCUT2D eigenvalue weighted by atomic mass is 9.79. The van der Waals surface area contributed by atoms with E-state index in [0.717, 1.165) is 54.4 Å². The summed E-state index contributed by atoms with van der Waals surface area (Å²) in [7, 11) is 9.03. The molecule has 2 unspecified atom stereocenters. The number of amides is 10. The normalized spacial score (nSPS) is 31.1. The molecule has 8 heterocycles. The number of nitrogens with zero attached hydrogens (tertiary/aromatic N) is 6. The molecule has 6 saturated heterocycles. The van der Waals surface area contributed by atoms with Crippen LogP contribution in [0.5, 0.6) is 11.5 Å². The third kappa shape index (κ3) is 26.5. The van der Waals surface area contributed by atoms with Crippen molar-refractivity contribution in [1.82, 2.24) is 30.2 Å². The number of likely N-dealkylation sites (tertiary alicyclic amines) is 2. The number of epoxide rings is 2. The van der Waals surface area contributed by atoms with Gasteiger partial charge in [-0.25, -0.2) is 19.2 Å². The summed E-state index contributed by atoms with van der Waals surface area (Å²) < 4.78 is 47.5. The maximum atomic E-state index is 14.3. The number of alkyl carbamates (subject to hydrolysis) is 2. The van der Waals surface area contributed by atoms with E-state index in [-0.39, 0.29) is 135 Å². The van der Waals surface area contributed by atoms with E-state index in [1.54, 1.807) is 85.1 Å². The lowest BCUT2D eigenvalue weighted by molar-refractivity contribution is -0.162. The number of esters is 2. The average Bonchev–Trinajstić information content (AvgIpc) is 1.57. The zero-order valence-electron chi connectivity index (χ0n) is 79.1. The molecule has 8 bridgehead atoms. The summed E-state index contributed by atoms with van der Waals surface area (Å²) in [5.41, 5.74) is -1.58. The number of ether oxygens (including phenoxy) is 8. The van der Waals surface area contributed by atoms with Gasteiger partial charge in [-0.05, 0) is 134 Å². The van der Waals surface area contributed by atoms with Crippen molar-refractivity contribution in [3.63, 3.8) is 0 Å². The minimum absolute atomic E-state index is 0. The summed E-state index contributed by atoms with van der Waals surface area (Å²) in [6.07, 6.45) is 11.1. The summed E-state index contributed by atoms with van der Waals surface area (Å²) in [6.45, 7) is 21.8. The number of aliphatic hydroxyl groups is 2. The van der Waals surface area contributed by atoms with Crippen LogP contribution in [0.4, 0.5) is 21.0 Å². The number of anilines is 2. The lowest BCUT2D eigenvalue weighted by Crippen LogP contribution is -2.60. The van der Waals surface area contributed by atoms with Crippen LogP contribution in [0.3, 0.4) is 0 Å². The van der Waals surface area contributed by atoms with Crippen LogP contribution in [0.1, 0.15) is 225 Å². The summed E-state index contributed by atoms with van der Waals surface area (Å²) in [4.78, 5) is 193. The number of Topliss-reactive ketones (excluding diaryl/α,β-unsaturated/α-hetero) is 2. The molecule has 742 valence electrons. The monoisotopic (exact) mass is 1950 g/mol. The fourth-order valence-corrected chi connectivity index (χ4v) is 21.2. The third-order valence-electron chi connectivity index (χ3n) is 27.8. The van der Waals surface area contributed by atoms with E-state index in [0.29, 0.717) is 80.9 Å². The molecular weight excluding hydrogens is 1810 g/mol. The molecule has 1 saturated carbocycles. The van der Waals surface area contributed by atoms with Crippen molar-refractivity contribution in [2.75, 3.05) is 76.8 Å². The minimum atomic E-state index is -1.66. The largest absolute Gasteiger partial charge is 0.495 e. The quantitative estimate of drug-likeness (QED) is 0.0212. The molecule has 4 N–H and O–H groups in total. The molecule has 10 amide bonds. The van der Waals surface area contributed by atoms with E-state index in [1.807, 2.05) is 58.9 Å². The summed E-state index contributed by atoms with van der Waals surface area (Å²) in [5, 5.41) is 27.9. The number of likely N-dealkylation sites (N-methyl/N-ethyl adjacent to an activating group) is 2. The number of carbonyl (C=O) groups excluding carboxylic acids is 14. The maximum Gasteiger partial charge on any atom is 0.409 e. The number of unbranched alkanes of at least 4 members (excludes halogenated alkanes) is 2. The Morgan fingerprint density at radius 2 is 0.985 bits per heavy atom. The third-order valence-corrected chi connectivity index (χ3v) is 31.0. The second-order valence-electron chi connectivity index (χ2n) is 37.2. The zero-order chi connectivity index (χ0) is 97.1. The molecule has 7 fully saturated rings. The number of methoxy groups -OCH3 is 2. The van der Waals surface area contributed by atoms with Crippen molar-refractivity contribution in [3.05, 3.63) is 93.0 Å². The first-order chi connectivity index (χ1) is 62.2. The first-order valence-corrected chi connectivity index (χ1v) is 48.7. The van der Waals surface area contributed by atoms with E-state index in [9.17, 15) is 77.3 Å². The van der Waals surface area contributed by atoms with Gasteiger partial charge < -0.3 is 67.7 Å². The van der Waals surface area contributed by atoms with Gasteiger partial charge in [0.05, 0.1) is 61.1 Å². The smallest absolute Gasteiger partial charge is 0.409 e. The van der Waals surface area contributed by atoms with Crippen molar-refractivity contribution in [1.29, 1.82) is 0 Å². The highest BCUT2D eigenvalue weighted by molar-refractivity contribution is 8.00. The van der Waals surface area contributed by atoms with E-state index < -0.39 is 153 Å². The van der Waals surface area contributed by atoms with Crippen LogP contribution in [0.15, 0.2) is 71.9 Å². The van der Waals surface area contributed by atoms with Gasteiger partial charge in [0, 0.05) is 140 Å². The van der Waals surface area contributed by atoms with Crippen molar-refractivity contribution in [2.24, 2.45) is 35.5 Å². The minimum Gasteiger partial charge on any atom is -0.495 e. The molecule has 1 aliphatic carbocycles. The predicted molar refractivity (Wildman–Crippen MR) is 511 cm³/mol. The summed E-state index contributed by atoms with van der Waals surface area (Å²) in [6, 6.07) is 4.96. The zero-order valence-corrected chi connectivity index (χ0v) is 82.3. The van der Waals surface area contributed by atoms with E-state index >= 15 is 0 Å². The SMILES string of the molecule is C.C.CCC(=O)C1CCC(CN2C(=O)CC(SCCC(=O)N(C)[C@@H](C)C(=O)O[C@H]3CC(=O)N(C)c4cc(cc(OC)c4Cl)C/C(C)=C/C=C/[C@@H](C)[C@@]4(O)C[C@H](OC(=O)N4)[C@@H](C)[C@@H]4O[C@@]34C)C2=O)CC1.CCC(=O)CCCCCN1C(=O)CC(SCCC(=O)N(C)[C@@H](C)C(=O)O[C@H]2CC(=O)N(C)c3cc(cc(OC)c3Cl)C/C(C)=C/C=C/[C@@H](C)[C@@]3(O)C[C@H](OC(=O)N3)[C@@H](C)[C@@H]3O[C@@]23C)C1=O. The Morgan fingerprint density at radius 1 is 0.575 bits per heavy atom. The Balaban J connectivity index is 0.000000325. The number of halogens is 2. The topological polar surface area (TPSA) is 403 Å². The van der Waals surface area contributed by atoms with Gasteiger partial charge in [-0.2, -0.15) is 0 Å². The molecular formula is C98H140Cl2N8O24S2. The number of carbonyl (C=O) groups is 14. The summed E-state index contributed by atoms with van der Waals surface area (Å²) >= 11 is 16.1. The van der Waals surface area contributed by atoms with E-state index in [1.165, 1.54) is 95.1 Å². The van der Waals surface area contributed by atoms with Crippen molar-refractivity contribution in [2.45, 2.75) is 308 Å². The van der Waals surface area contributed by atoms with Gasteiger partial charge in [-0.15, -0.1) is 23.5 Å². The van der Waals surface area contributed by atoms with Gasteiger partial charge in [0.25, 0.3) is 0 Å². The van der Waals surface area contributed by atoms with Crippen LogP contribution in [-0.2, 0) is 98.8 Å². The van der Waals surface area contributed by atoms with Crippen LogP contribution >= 0.6 is 46.7 Å². The molecule has 36 heteroatoms. The van der Waals surface area contributed by atoms with E-state index in [2.05, 4.69) is 10.6 Å². The molecule has 0 spiro atoms. The highest BCUT2D eigenvalue weighted by Crippen LogP contribution is 2.52. The number of thioether (sulfide) groups is 2. The van der Waals surface area contributed by atoms with Gasteiger partial charge in [-0.3, -0.25) is 68.4 Å². The Kier molecular flexibility index (Phi) is 39.1. The van der Waals surface area contributed by atoms with Gasteiger partial charge >= 0.3 is 24.1 Å². The van der Waals surface area contributed by atoms with Crippen LogP contribution < -0.4 is 29.9 Å². The molecule has 9 aliphatic rings. The molecule has 11 rings (SSSR count). The highest BCUT2D eigenvalue weighted by atomic mass is 35.5. The molecule has 0 radical (unpaired) electrons. The Labute approximate surface area is 806 Å². The number of imide groups is 2. The van der Waals surface area contributed by atoms with Crippen molar-refractivity contribution < 1.29 is 115 Å². The number of rotatable bonds is 27. The molecule has 18 atom stereocenters. The van der Waals surface area contributed by atoms with Crippen LogP contribution in [0, 0.1) is 35.5 Å². The number of fused-ring (bicyclic) bond motifs is 10. The van der Waals surface area contributed by atoms with Gasteiger partial charge in [-0.1, -0.05) is 134 Å². The molecule has 2 aromatic rings. The van der Waals surface area contributed by atoms with Gasteiger partial charge in [0.1, 0.15) is 92.3 Å². The fraction of sp³-hybridized carbons (Fsp3) is 0.653. The number of hydrogen-bond donors (Lipinski definition) is 4. The lowest BCUT2D eigenvalue weighted by Gasteiger charge is -2.41. The van der Waals surface area contributed by atoms with Crippen LogP contribution in [-0.4, -0.2) is 262 Å². The average molecular weight is 1950 g/mol. The predicted octanol–water partition coefficient (Wildman–Crippen LogP) is 13.4. The first-order valence-electron chi connectivity index (χ1n) is 45.8. The number of benzene rings is 2. The second-order valence-corrected chi connectivity index (χ2v) is 40.5. The van der Waals surface area contributed by atoms with Crippen LogP contribution in [0.2, 0.25) is 10.0 Å². The second kappa shape index (κ2) is 47.4. The Morgan fingerprint density at radius 3 is 1.39 bits per heavy atom. The number of allylic oxidation sites excluding steroid dienone is 6. The van der Waals surface area contributed by atoms with Gasteiger partial charge in [0.2, 0.25) is 47.3 Å². The Hall–Kier alpha value is -8.90.